The lowest BCUT2D eigenvalue weighted by atomic mass is 10.0. The summed E-state index contributed by atoms with van der Waals surface area (Å²) in [5.41, 5.74) is -0.995. The molecule has 0 aromatic rings. The fourth-order valence-electron chi connectivity index (χ4n) is 2.22. The smallest absolute Gasteiger partial charge is 0.136 e. The molecule has 4 heteroatoms. The van der Waals surface area contributed by atoms with E-state index in [0.717, 1.165) is 32.5 Å². The normalized spacial score (nSPS) is 34.9. The second-order valence-electron chi connectivity index (χ2n) is 4.48. The Morgan fingerprint density at radius 2 is 2.00 bits per heavy atom. The third-order valence-electron chi connectivity index (χ3n) is 3.24. The van der Waals surface area contributed by atoms with E-state index in [1.165, 1.54) is 0 Å². The highest BCUT2D eigenvalue weighted by molar-refractivity contribution is 4.91. The van der Waals surface area contributed by atoms with Crippen LogP contribution in [-0.2, 0) is 0 Å². The van der Waals surface area contributed by atoms with Crippen molar-refractivity contribution in [3.05, 3.63) is 0 Å². The van der Waals surface area contributed by atoms with Crippen molar-refractivity contribution in [2.45, 2.75) is 31.0 Å². The predicted molar refractivity (Wildman–Crippen MR) is 55.2 cm³/mol. The molecule has 0 radical (unpaired) electrons. The summed E-state index contributed by atoms with van der Waals surface area (Å²) in [6.07, 6.45) is 2.91. The van der Waals surface area contributed by atoms with Crippen LogP contribution < -0.4 is 16.0 Å². The minimum absolute atomic E-state index is 0.518. The van der Waals surface area contributed by atoms with E-state index < -0.39 is 5.67 Å². The molecule has 0 aromatic carbocycles. The summed E-state index contributed by atoms with van der Waals surface area (Å²) in [4.78, 5) is 0. The van der Waals surface area contributed by atoms with Crippen LogP contribution in [0, 0.1) is 0 Å². The van der Waals surface area contributed by atoms with Crippen LogP contribution in [0.5, 0.6) is 0 Å². The molecule has 2 saturated heterocycles. The largest absolute Gasteiger partial charge is 0.317 e. The fourth-order valence-corrected chi connectivity index (χ4v) is 2.22. The van der Waals surface area contributed by atoms with E-state index in [1.54, 1.807) is 0 Å². The predicted octanol–water partition coefficient (Wildman–Crippen LogP) is 0.0296. The van der Waals surface area contributed by atoms with Gasteiger partial charge in [0.2, 0.25) is 0 Å². The van der Waals surface area contributed by atoms with Gasteiger partial charge in [-0.25, -0.2) is 4.39 Å². The van der Waals surface area contributed by atoms with Crippen LogP contribution in [0.15, 0.2) is 0 Å². The molecule has 82 valence electrons. The Morgan fingerprint density at radius 3 is 2.64 bits per heavy atom. The summed E-state index contributed by atoms with van der Waals surface area (Å²) < 4.78 is 13.9. The zero-order valence-corrected chi connectivity index (χ0v) is 8.61. The van der Waals surface area contributed by atoms with Crippen LogP contribution in [-0.4, -0.2) is 44.4 Å². The molecule has 3 N–H and O–H groups in total. The SMILES string of the molecule is FC1(CNC2CCNCC2)CCNC1. The molecular formula is C10H20FN3. The first-order chi connectivity index (χ1) is 6.79. The molecular weight excluding hydrogens is 181 g/mol. The van der Waals surface area contributed by atoms with Crippen molar-refractivity contribution >= 4 is 0 Å². The van der Waals surface area contributed by atoms with Gasteiger partial charge in [0.25, 0.3) is 0 Å². The van der Waals surface area contributed by atoms with Gasteiger partial charge >= 0.3 is 0 Å². The molecule has 3 nitrogen and oxygen atoms in total. The van der Waals surface area contributed by atoms with Crippen molar-refractivity contribution in [3.8, 4) is 0 Å². The van der Waals surface area contributed by atoms with Crippen molar-refractivity contribution < 1.29 is 4.39 Å². The van der Waals surface area contributed by atoms with E-state index in [2.05, 4.69) is 16.0 Å². The second-order valence-corrected chi connectivity index (χ2v) is 4.48. The van der Waals surface area contributed by atoms with Gasteiger partial charge in [0.05, 0.1) is 0 Å². The molecule has 0 amide bonds. The average Bonchev–Trinajstić information content (AvgIpc) is 2.65. The molecule has 0 aliphatic carbocycles. The molecule has 0 bridgehead atoms. The number of piperidine rings is 1. The van der Waals surface area contributed by atoms with Gasteiger partial charge in [-0.1, -0.05) is 0 Å². The van der Waals surface area contributed by atoms with Gasteiger partial charge in [0.1, 0.15) is 5.67 Å². The van der Waals surface area contributed by atoms with Crippen LogP contribution in [0.3, 0.4) is 0 Å². The van der Waals surface area contributed by atoms with E-state index in [0.29, 0.717) is 25.6 Å². The lowest BCUT2D eigenvalue weighted by Crippen LogP contribution is -2.46. The molecule has 14 heavy (non-hydrogen) atoms. The summed E-state index contributed by atoms with van der Waals surface area (Å²) in [6.45, 7) is 3.99. The number of nitrogens with one attached hydrogen (secondary N) is 3. The molecule has 0 spiro atoms. The first-order valence-electron chi connectivity index (χ1n) is 5.62. The first-order valence-corrected chi connectivity index (χ1v) is 5.62. The summed E-state index contributed by atoms with van der Waals surface area (Å²) >= 11 is 0. The monoisotopic (exact) mass is 201 g/mol. The Kier molecular flexibility index (Phi) is 3.36. The number of rotatable bonds is 3. The Bertz CT molecular complexity index is 174. The summed E-state index contributed by atoms with van der Waals surface area (Å²) in [6, 6.07) is 0.518. The van der Waals surface area contributed by atoms with Crippen LogP contribution in [0.25, 0.3) is 0 Å². The molecule has 2 aliphatic heterocycles. The van der Waals surface area contributed by atoms with Crippen molar-refractivity contribution in [1.29, 1.82) is 0 Å². The van der Waals surface area contributed by atoms with Crippen molar-refractivity contribution in [2.75, 3.05) is 32.7 Å². The van der Waals surface area contributed by atoms with E-state index >= 15 is 0 Å². The quantitative estimate of drug-likeness (QED) is 0.603. The maximum absolute atomic E-state index is 13.9. The highest BCUT2D eigenvalue weighted by Crippen LogP contribution is 2.19. The molecule has 1 atom stereocenters. The lowest BCUT2D eigenvalue weighted by Gasteiger charge is -2.27. The average molecular weight is 201 g/mol. The molecule has 2 heterocycles. The Balaban J connectivity index is 1.70. The molecule has 0 aromatic heterocycles. The van der Waals surface area contributed by atoms with Crippen LogP contribution in [0.2, 0.25) is 0 Å². The van der Waals surface area contributed by atoms with Gasteiger partial charge in [0.15, 0.2) is 0 Å². The maximum atomic E-state index is 13.9. The third-order valence-corrected chi connectivity index (χ3v) is 3.24. The summed E-state index contributed by atoms with van der Waals surface area (Å²) in [7, 11) is 0. The minimum atomic E-state index is -0.995. The van der Waals surface area contributed by atoms with Crippen LogP contribution >= 0.6 is 0 Å². The Hall–Kier alpha value is -0.190. The molecule has 1 unspecified atom stereocenters. The molecule has 2 rings (SSSR count). The molecule has 0 saturated carbocycles. The van der Waals surface area contributed by atoms with Crippen molar-refractivity contribution in [1.82, 2.24) is 16.0 Å². The lowest BCUT2D eigenvalue weighted by molar-refractivity contribution is 0.174. The number of halogens is 1. The van der Waals surface area contributed by atoms with Gasteiger partial charge in [0, 0.05) is 19.1 Å². The van der Waals surface area contributed by atoms with E-state index in [1.807, 2.05) is 0 Å². The molecule has 2 fully saturated rings. The van der Waals surface area contributed by atoms with E-state index in [9.17, 15) is 4.39 Å². The third kappa shape index (κ3) is 2.65. The highest BCUT2D eigenvalue weighted by Gasteiger charge is 2.33. The molecule has 2 aliphatic rings. The van der Waals surface area contributed by atoms with Crippen molar-refractivity contribution in [2.24, 2.45) is 0 Å². The van der Waals surface area contributed by atoms with Crippen LogP contribution in [0.1, 0.15) is 19.3 Å². The van der Waals surface area contributed by atoms with Gasteiger partial charge < -0.3 is 16.0 Å². The summed E-state index contributed by atoms with van der Waals surface area (Å²) in [5, 5.41) is 9.73. The summed E-state index contributed by atoms with van der Waals surface area (Å²) in [5.74, 6) is 0. The number of hydrogen-bond acceptors (Lipinski definition) is 3. The van der Waals surface area contributed by atoms with Crippen LogP contribution in [0.4, 0.5) is 4.39 Å². The van der Waals surface area contributed by atoms with Crippen molar-refractivity contribution in [3.63, 3.8) is 0 Å². The standard InChI is InChI=1S/C10H20FN3/c11-10(3-6-13-7-10)8-14-9-1-4-12-5-2-9/h9,12-14H,1-8H2. The Morgan fingerprint density at radius 1 is 1.21 bits per heavy atom. The first kappa shape index (κ1) is 10.3. The van der Waals surface area contributed by atoms with Gasteiger partial charge in [-0.05, 0) is 38.9 Å². The zero-order chi connectivity index (χ0) is 9.86. The number of alkyl halides is 1. The van der Waals surface area contributed by atoms with Gasteiger partial charge in [-0.15, -0.1) is 0 Å². The second kappa shape index (κ2) is 4.55. The Labute approximate surface area is 84.8 Å². The maximum Gasteiger partial charge on any atom is 0.136 e. The van der Waals surface area contributed by atoms with E-state index in [-0.39, 0.29) is 0 Å². The van der Waals surface area contributed by atoms with Gasteiger partial charge in [-0.2, -0.15) is 0 Å². The van der Waals surface area contributed by atoms with Gasteiger partial charge in [-0.3, -0.25) is 0 Å². The minimum Gasteiger partial charge on any atom is -0.317 e. The zero-order valence-electron chi connectivity index (χ0n) is 8.61. The highest BCUT2D eigenvalue weighted by atomic mass is 19.1. The fraction of sp³-hybridized carbons (Fsp3) is 1.00. The number of hydrogen-bond donors (Lipinski definition) is 3. The van der Waals surface area contributed by atoms with E-state index in [4.69, 9.17) is 0 Å². The topological polar surface area (TPSA) is 36.1 Å².